The Morgan fingerprint density at radius 2 is 2.10 bits per heavy atom. The minimum absolute atomic E-state index is 0.138. The highest BCUT2D eigenvalue weighted by molar-refractivity contribution is 6.30. The maximum Gasteiger partial charge on any atom is 0.272 e. The fraction of sp³-hybridized carbons (Fsp3) is 0.200. The molecule has 2 heterocycles. The molecule has 0 unspecified atom stereocenters. The first kappa shape index (κ1) is 12.9. The van der Waals surface area contributed by atoms with E-state index in [-0.39, 0.29) is 11.7 Å². The number of fused-ring (bicyclic) bond motifs is 1. The van der Waals surface area contributed by atoms with Gasteiger partial charge >= 0.3 is 0 Å². The summed E-state index contributed by atoms with van der Waals surface area (Å²) in [6.07, 6.45) is 2.31. The Kier molecular flexibility index (Phi) is 3.32. The molecule has 1 aliphatic heterocycles. The third kappa shape index (κ3) is 2.47. The third-order valence-corrected chi connectivity index (χ3v) is 3.67. The van der Waals surface area contributed by atoms with Crippen molar-refractivity contribution in [1.82, 2.24) is 9.88 Å². The first-order valence-corrected chi connectivity index (χ1v) is 6.73. The van der Waals surface area contributed by atoms with E-state index in [1.807, 2.05) is 6.07 Å². The van der Waals surface area contributed by atoms with E-state index in [0.29, 0.717) is 23.8 Å². The molecule has 4 nitrogen and oxygen atoms in total. The number of aromatic nitrogens is 1. The van der Waals surface area contributed by atoms with Gasteiger partial charge in [0.15, 0.2) is 0 Å². The van der Waals surface area contributed by atoms with Crippen LogP contribution in [0, 0.1) is 0 Å². The molecule has 5 heteroatoms. The summed E-state index contributed by atoms with van der Waals surface area (Å²) in [5, 5.41) is 10.0. The van der Waals surface area contributed by atoms with E-state index in [9.17, 15) is 9.90 Å². The number of nitrogens with zero attached hydrogens (tertiary/aromatic N) is 2. The standard InChI is InChI=1S/C15H13ClN2O2/c16-12-3-5-17-14(8-12)15(20)18-6-4-10-1-2-13(19)7-11(10)9-18/h1-3,5,7-8,19H,4,6,9H2. The number of hydrogen-bond donors (Lipinski definition) is 1. The van der Waals surface area contributed by atoms with Crippen molar-refractivity contribution in [2.24, 2.45) is 0 Å². The second-order valence-corrected chi connectivity index (χ2v) is 5.23. The normalized spacial score (nSPS) is 13.9. The fourth-order valence-corrected chi connectivity index (χ4v) is 2.56. The van der Waals surface area contributed by atoms with Crippen LogP contribution in [0.15, 0.2) is 36.5 Å². The van der Waals surface area contributed by atoms with Crippen molar-refractivity contribution in [2.75, 3.05) is 6.54 Å². The van der Waals surface area contributed by atoms with E-state index >= 15 is 0 Å². The molecule has 0 spiro atoms. The predicted molar refractivity (Wildman–Crippen MR) is 75.8 cm³/mol. The van der Waals surface area contributed by atoms with Crippen LogP contribution in [0.25, 0.3) is 0 Å². The van der Waals surface area contributed by atoms with Gasteiger partial charge in [-0.1, -0.05) is 17.7 Å². The zero-order valence-corrected chi connectivity index (χ0v) is 11.5. The second kappa shape index (κ2) is 5.13. The van der Waals surface area contributed by atoms with Gasteiger partial charge in [0.1, 0.15) is 11.4 Å². The molecule has 2 aromatic rings. The summed E-state index contributed by atoms with van der Waals surface area (Å²) in [7, 11) is 0. The van der Waals surface area contributed by atoms with Crippen LogP contribution in [0.5, 0.6) is 5.75 Å². The Morgan fingerprint density at radius 1 is 1.25 bits per heavy atom. The number of amides is 1. The summed E-state index contributed by atoms with van der Waals surface area (Å²) in [5.41, 5.74) is 2.50. The van der Waals surface area contributed by atoms with Crippen molar-refractivity contribution in [3.8, 4) is 5.75 Å². The number of carbonyl (C=O) groups excluding carboxylic acids is 1. The average Bonchev–Trinajstić information content (AvgIpc) is 2.45. The number of halogens is 1. The lowest BCUT2D eigenvalue weighted by Gasteiger charge is -2.28. The molecular weight excluding hydrogens is 276 g/mol. The van der Waals surface area contributed by atoms with Gasteiger partial charge in [-0.25, -0.2) is 0 Å². The van der Waals surface area contributed by atoms with Gasteiger partial charge in [0, 0.05) is 24.3 Å². The molecule has 0 saturated carbocycles. The molecule has 0 bridgehead atoms. The molecule has 0 fully saturated rings. The molecule has 1 amide bonds. The molecule has 102 valence electrons. The molecule has 1 aromatic carbocycles. The van der Waals surface area contributed by atoms with E-state index in [1.165, 1.54) is 11.8 Å². The number of phenols is 1. The molecule has 0 aliphatic carbocycles. The molecule has 0 atom stereocenters. The van der Waals surface area contributed by atoms with E-state index in [2.05, 4.69) is 4.98 Å². The van der Waals surface area contributed by atoms with Gasteiger partial charge in [0.25, 0.3) is 5.91 Å². The van der Waals surface area contributed by atoms with Crippen molar-refractivity contribution < 1.29 is 9.90 Å². The fourth-order valence-electron chi connectivity index (χ4n) is 2.40. The van der Waals surface area contributed by atoms with Gasteiger partial charge in [0.05, 0.1) is 0 Å². The SMILES string of the molecule is O=C(c1cc(Cl)ccn1)N1CCc2ccc(O)cc2C1. The Balaban J connectivity index is 1.84. The van der Waals surface area contributed by atoms with Gasteiger partial charge in [-0.15, -0.1) is 0 Å². The number of phenolic OH excluding ortho intramolecular Hbond substituents is 1. The number of pyridine rings is 1. The van der Waals surface area contributed by atoms with Crippen LogP contribution in [-0.2, 0) is 13.0 Å². The zero-order valence-electron chi connectivity index (χ0n) is 10.7. The second-order valence-electron chi connectivity index (χ2n) is 4.79. The highest BCUT2D eigenvalue weighted by atomic mass is 35.5. The smallest absolute Gasteiger partial charge is 0.272 e. The highest BCUT2D eigenvalue weighted by Gasteiger charge is 2.22. The van der Waals surface area contributed by atoms with E-state index in [4.69, 9.17) is 11.6 Å². The van der Waals surface area contributed by atoms with Crippen LogP contribution in [0.3, 0.4) is 0 Å². The average molecular weight is 289 g/mol. The van der Waals surface area contributed by atoms with Gasteiger partial charge in [-0.2, -0.15) is 0 Å². The molecule has 0 saturated heterocycles. The molecular formula is C15H13ClN2O2. The molecule has 1 N–H and O–H groups in total. The van der Waals surface area contributed by atoms with E-state index in [1.54, 1.807) is 29.2 Å². The zero-order chi connectivity index (χ0) is 14.1. The molecule has 1 aliphatic rings. The lowest BCUT2D eigenvalue weighted by molar-refractivity contribution is 0.0728. The first-order valence-electron chi connectivity index (χ1n) is 6.35. The topological polar surface area (TPSA) is 53.4 Å². The number of aromatic hydroxyl groups is 1. The van der Waals surface area contributed by atoms with Crippen LogP contribution >= 0.6 is 11.6 Å². The number of benzene rings is 1. The maximum atomic E-state index is 12.4. The Bertz CT molecular complexity index is 673. The lowest BCUT2D eigenvalue weighted by Crippen LogP contribution is -2.36. The minimum atomic E-state index is -0.138. The van der Waals surface area contributed by atoms with Crippen LogP contribution in [0.2, 0.25) is 5.02 Å². The summed E-state index contributed by atoms with van der Waals surface area (Å²) in [5.74, 6) is 0.0837. The summed E-state index contributed by atoms with van der Waals surface area (Å²) in [6.45, 7) is 1.13. The third-order valence-electron chi connectivity index (χ3n) is 3.43. The number of hydrogen-bond acceptors (Lipinski definition) is 3. The van der Waals surface area contributed by atoms with Gasteiger partial charge in [-0.3, -0.25) is 9.78 Å². The Morgan fingerprint density at radius 3 is 2.90 bits per heavy atom. The van der Waals surface area contributed by atoms with Gasteiger partial charge < -0.3 is 10.0 Å². The molecule has 20 heavy (non-hydrogen) atoms. The van der Waals surface area contributed by atoms with E-state index in [0.717, 1.165) is 12.0 Å². The van der Waals surface area contributed by atoms with Crippen LogP contribution in [0.1, 0.15) is 21.6 Å². The summed E-state index contributed by atoms with van der Waals surface area (Å²) in [6, 6.07) is 8.50. The van der Waals surface area contributed by atoms with Crippen molar-refractivity contribution in [3.05, 3.63) is 58.4 Å². The number of rotatable bonds is 1. The predicted octanol–water partition coefficient (Wildman–Crippen LogP) is 2.64. The van der Waals surface area contributed by atoms with Gasteiger partial charge in [0.2, 0.25) is 0 Å². The molecule has 1 aromatic heterocycles. The van der Waals surface area contributed by atoms with Crippen LogP contribution < -0.4 is 0 Å². The van der Waals surface area contributed by atoms with Crippen molar-refractivity contribution in [3.63, 3.8) is 0 Å². The lowest BCUT2D eigenvalue weighted by atomic mass is 9.99. The molecule has 0 radical (unpaired) electrons. The summed E-state index contributed by atoms with van der Waals surface area (Å²) in [4.78, 5) is 18.2. The largest absolute Gasteiger partial charge is 0.508 e. The Labute approximate surface area is 121 Å². The van der Waals surface area contributed by atoms with Crippen molar-refractivity contribution in [2.45, 2.75) is 13.0 Å². The Hall–Kier alpha value is -2.07. The van der Waals surface area contributed by atoms with Crippen LogP contribution in [-0.4, -0.2) is 27.4 Å². The number of carbonyl (C=O) groups is 1. The summed E-state index contributed by atoms with van der Waals surface area (Å²) >= 11 is 5.89. The van der Waals surface area contributed by atoms with Crippen LogP contribution in [0.4, 0.5) is 0 Å². The first-order chi connectivity index (χ1) is 9.63. The monoisotopic (exact) mass is 288 g/mol. The quantitative estimate of drug-likeness (QED) is 0.878. The summed E-state index contributed by atoms with van der Waals surface area (Å²) < 4.78 is 0. The highest BCUT2D eigenvalue weighted by Crippen LogP contribution is 2.24. The minimum Gasteiger partial charge on any atom is -0.508 e. The maximum absolute atomic E-state index is 12.4. The van der Waals surface area contributed by atoms with Crippen molar-refractivity contribution in [1.29, 1.82) is 0 Å². The molecule has 3 rings (SSSR count). The van der Waals surface area contributed by atoms with Crippen molar-refractivity contribution >= 4 is 17.5 Å². The van der Waals surface area contributed by atoms with E-state index < -0.39 is 0 Å². The van der Waals surface area contributed by atoms with Gasteiger partial charge in [-0.05, 0) is 41.8 Å².